The summed E-state index contributed by atoms with van der Waals surface area (Å²) in [5, 5.41) is 11.5. The lowest BCUT2D eigenvalue weighted by Crippen LogP contribution is -2.34. The summed E-state index contributed by atoms with van der Waals surface area (Å²) in [6, 6.07) is 13.9. The van der Waals surface area contributed by atoms with Crippen LogP contribution >= 0.6 is 15.9 Å². The van der Waals surface area contributed by atoms with Crippen molar-refractivity contribution in [2.45, 2.75) is 32.9 Å². The van der Waals surface area contributed by atoms with Crippen molar-refractivity contribution in [1.82, 2.24) is 4.90 Å². The molecular weight excluding hydrogens is 474 g/mol. The highest BCUT2D eigenvalue weighted by atomic mass is 79.9. The molecule has 1 aliphatic heterocycles. The van der Waals surface area contributed by atoms with Gasteiger partial charge in [-0.1, -0.05) is 45.8 Å². The van der Waals surface area contributed by atoms with E-state index in [1.165, 1.54) is 4.90 Å². The van der Waals surface area contributed by atoms with Crippen LogP contribution in [-0.4, -0.2) is 41.0 Å². The van der Waals surface area contributed by atoms with Crippen LogP contribution in [0.5, 0.6) is 0 Å². The molecule has 1 N–H and O–H groups in total. The standard InChI is InChI=1S/C25H24BrNO5/c1-14(2)31-10-9-27-22(16-6-4-5-15(3)11-16)21(24(29)25(27)30)23(28)20-13-17-12-18(26)7-8-19(17)32-20/h4-8,11-14,22,29H,9-10H2,1-3H3. The molecule has 0 spiro atoms. The quantitative estimate of drug-likeness (QED) is 0.435. The van der Waals surface area contributed by atoms with Crippen molar-refractivity contribution >= 4 is 38.6 Å². The second-order valence-electron chi connectivity index (χ2n) is 8.12. The number of carbonyl (C=O) groups is 2. The highest BCUT2D eigenvalue weighted by Gasteiger charge is 2.44. The number of benzene rings is 2. The van der Waals surface area contributed by atoms with E-state index in [2.05, 4.69) is 15.9 Å². The SMILES string of the molecule is Cc1cccc(C2C(C(=O)c3cc4cc(Br)ccc4o3)=C(O)C(=O)N2CCOC(C)C)c1. The molecule has 0 saturated carbocycles. The van der Waals surface area contributed by atoms with Gasteiger partial charge in [0.2, 0.25) is 5.78 Å². The van der Waals surface area contributed by atoms with Gasteiger partial charge in [-0.05, 0) is 50.6 Å². The summed E-state index contributed by atoms with van der Waals surface area (Å²) in [4.78, 5) is 28.0. The minimum absolute atomic E-state index is 0.00246. The second kappa shape index (κ2) is 8.92. The fourth-order valence-electron chi connectivity index (χ4n) is 3.95. The molecule has 32 heavy (non-hydrogen) atoms. The van der Waals surface area contributed by atoms with Crippen LogP contribution in [0.2, 0.25) is 0 Å². The summed E-state index contributed by atoms with van der Waals surface area (Å²) in [6.45, 7) is 6.29. The molecule has 0 fully saturated rings. The fraction of sp³-hybridized carbons (Fsp3) is 0.280. The Morgan fingerprint density at radius 1 is 1.22 bits per heavy atom. The van der Waals surface area contributed by atoms with E-state index in [9.17, 15) is 14.7 Å². The van der Waals surface area contributed by atoms with Gasteiger partial charge in [0.1, 0.15) is 5.58 Å². The van der Waals surface area contributed by atoms with Gasteiger partial charge in [-0.3, -0.25) is 9.59 Å². The maximum Gasteiger partial charge on any atom is 0.290 e. The average Bonchev–Trinajstić information content (AvgIpc) is 3.27. The van der Waals surface area contributed by atoms with Crippen molar-refractivity contribution in [2.24, 2.45) is 0 Å². The minimum Gasteiger partial charge on any atom is -0.503 e. The van der Waals surface area contributed by atoms with Crippen LogP contribution < -0.4 is 0 Å². The van der Waals surface area contributed by atoms with Crippen LogP contribution in [-0.2, 0) is 9.53 Å². The number of amides is 1. The van der Waals surface area contributed by atoms with Crippen molar-refractivity contribution in [2.75, 3.05) is 13.2 Å². The zero-order valence-corrected chi connectivity index (χ0v) is 19.7. The number of nitrogens with zero attached hydrogens (tertiary/aromatic N) is 1. The molecule has 0 aliphatic carbocycles. The smallest absolute Gasteiger partial charge is 0.290 e. The molecule has 1 aromatic heterocycles. The molecule has 0 bridgehead atoms. The fourth-order valence-corrected chi connectivity index (χ4v) is 4.33. The number of aliphatic hydroxyl groups is 1. The third kappa shape index (κ3) is 4.23. The number of aryl methyl sites for hydroxylation is 1. The van der Waals surface area contributed by atoms with E-state index in [0.717, 1.165) is 21.0 Å². The zero-order valence-electron chi connectivity index (χ0n) is 18.1. The van der Waals surface area contributed by atoms with E-state index in [1.807, 2.05) is 57.2 Å². The van der Waals surface area contributed by atoms with Gasteiger partial charge < -0.3 is 19.2 Å². The molecule has 6 nitrogen and oxygen atoms in total. The van der Waals surface area contributed by atoms with Crippen LogP contribution in [0.25, 0.3) is 11.0 Å². The lowest BCUT2D eigenvalue weighted by molar-refractivity contribution is -0.130. The Balaban J connectivity index is 1.76. The van der Waals surface area contributed by atoms with Crippen LogP contribution in [0.3, 0.4) is 0 Å². The Morgan fingerprint density at radius 3 is 2.72 bits per heavy atom. The van der Waals surface area contributed by atoms with Gasteiger partial charge in [-0.15, -0.1) is 0 Å². The molecule has 3 aromatic rings. The number of Topliss-reactive ketones (excluding diaryl/α,β-unsaturated/α-hetero) is 1. The summed E-state index contributed by atoms with van der Waals surface area (Å²) in [7, 11) is 0. The van der Waals surface area contributed by atoms with E-state index < -0.39 is 23.5 Å². The number of ether oxygens (including phenoxy) is 1. The van der Waals surface area contributed by atoms with Gasteiger partial charge >= 0.3 is 0 Å². The molecule has 2 aromatic carbocycles. The number of furan rings is 1. The molecule has 1 unspecified atom stereocenters. The van der Waals surface area contributed by atoms with E-state index in [0.29, 0.717) is 12.2 Å². The summed E-state index contributed by atoms with van der Waals surface area (Å²) < 4.78 is 12.2. The van der Waals surface area contributed by atoms with Crippen molar-refractivity contribution in [1.29, 1.82) is 0 Å². The molecule has 7 heteroatoms. The van der Waals surface area contributed by atoms with E-state index in [4.69, 9.17) is 9.15 Å². The molecule has 1 amide bonds. The zero-order chi connectivity index (χ0) is 23.0. The molecular formula is C25H24BrNO5. The summed E-state index contributed by atoms with van der Waals surface area (Å²) in [5.74, 6) is -1.58. The predicted molar refractivity (Wildman–Crippen MR) is 125 cm³/mol. The first-order valence-corrected chi connectivity index (χ1v) is 11.2. The molecule has 4 rings (SSSR count). The van der Waals surface area contributed by atoms with Gasteiger partial charge in [0.25, 0.3) is 5.91 Å². The Morgan fingerprint density at radius 2 is 2.00 bits per heavy atom. The second-order valence-corrected chi connectivity index (χ2v) is 9.03. The Kier molecular flexibility index (Phi) is 6.22. The van der Waals surface area contributed by atoms with Crippen LogP contribution in [0.4, 0.5) is 0 Å². The van der Waals surface area contributed by atoms with E-state index in [1.54, 1.807) is 12.1 Å². The molecule has 0 radical (unpaired) electrons. The van der Waals surface area contributed by atoms with Gasteiger partial charge in [-0.25, -0.2) is 0 Å². The largest absolute Gasteiger partial charge is 0.503 e. The average molecular weight is 498 g/mol. The Bertz CT molecular complexity index is 1230. The first-order valence-electron chi connectivity index (χ1n) is 10.4. The van der Waals surface area contributed by atoms with Crippen molar-refractivity contribution in [3.05, 3.63) is 81.2 Å². The molecule has 1 aliphatic rings. The first-order chi connectivity index (χ1) is 15.3. The molecule has 166 valence electrons. The van der Waals surface area contributed by atoms with Gasteiger partial charge in [0.15, 0.2) is 11.5 Å². The minimum atomic E-state index is -0.731. The van der Waals surface area contributed by atoms with Crippen molar-refractivity contribution in [3.8, 4) is 0 Å². The number of ketones is 1. The molecule has 1 atom stereocenters. The summed E-state index contributed by atoms with van der Waals surface area (Å²) in [5.41, 5.74) is 2.30. The normalized spacial score (nSPS) is 16.6. The monoisotopic (exact) mass is 497 g/mol. The molecule has 0 saturated heterocycles. The maximum absolute atomic E-state index is 13.5. The first kappa shape index (κ1) is 22.3. The Labute approximate surface area is 194 Å². The van der Waals surface area contributed by atoms with Crippen molar-refractivity contribution < 1.29 is 23.8 Å². The Hall–Kier alpha value is -2.90. The number of rotatable bonds is 7. The van der Waals surface area contributed by atoms with Gasteiger partial charge in [0, 0.05) is 16.4 Å². The van der Waals surface area contributed by atoms with E-state index >= 15 is 0 Å². The van der Waals surface area contributed by atoms with Gasteiger partial charge in [-0.2, -0.15) is 0 Å². The number of carbonyl (C=O) groups excluding carboxylic acids is 2. The highest BCUT2D eigenvalue weighted by Crippen LogP contribution is 2.39. The number of hydrogen-bond acceptors (Lipinski definition) is 5. The third-order valence-electron chi connectivity index (χ3n) is 5.39. The number of fused-ring (bicyclic) bond motifs is 1. The highest BCUT2D eigenvalue weighted by molar-refractivity contribution is 9.10. The summed E-state index contributed by atoms with van der Waals surface area (Å²) in [6.07, 6.45) is 0.00246. The predicted octanol–water partition coefficient (Wildman–Crippen LogP) is 5.51. The topological polar surface area (TPSA) is 80.0 Å². The summed E-state index contributed by atoms with van der Waals surface area (Å²) >= 11 is 3.41. The van der Waals surface area contributed by atoms with Crippen molar-refractivity contribution in [3.63, 3.8) is 0 Å². The van der Waals surface area contributed by atoms with Crippen LogP contribution in [0, 0.1) is 6.92 Å². The van der Waals surface area contributed by atoms with Gasteiger partial charge in [0.05, 0.1) is 24.3 Å². The maximum atomic E-state index is 13.5. The molecule has 2 heterocycles. The van der Waals surface area contributed by atoms with E-state index in [-0.39, 0.29) is 24.0 Å². The van der Waals surface area contributed by atoms with Crippen LogP contribution in [0.1, 0.15) is 41.6 Å². The lowest BCUT2D eigenvalue weighted by atomic mass is 9.94. The van der Waals surface area contributed by atoms with Crippen LogP contribution in [0.15, 0.2) is 68.8 Å². The number of aliphatic hydroxyl groups excluding tert-OH is 1. The third-order valence-corrected chi connectivity index (χ3v) is 5.88. The lowest BCUT2D eigenvalue weighted by Gasteiger charge is -2.27. The number of hydrogen-bond donors (Lipinski definition) is 1. The number of halogens is 1.